The summed E-state index contributed by atoms with van der Waals surface area (Å²) in [5.41, 5.74) is -0.221. The molecule has 0 bridgehead atoms. The maximum absolute atomic E-state index is 12.7. The van der Waals surface area contributed by atoms with Crippen molar-refractivity contribution >= 4 is 0 Å². The van der Waals surface area contributed by atoms with E-state index < -0.39 is 11.7 Å². The van der Waals surface area contributed by atoms with Crippen molar-refractivity contribution in [3.05, 3.63) is 47.7 Å². The summed E-state index contributed by atoms with van der Waals surface area (Å²) in [6, 6.07) is 9.25. The minimum Gasteiger partial charge on any atom is -0.460 e. The van der Waals surface area contributed by atoms with E-state index in [4.69, 9.17) is 4.42 Å². The van der Waals surface area contributed by atoms with Crippen LogP contribution in [0.1, 0.15) is 24.2 Å². The van der Waals surface area contributed by atoms with E-state index in [9.17, 15) is 13.2 Å². The molecule has 0 saturated heterocycles. The lowest BCUT2D eigenvalue weighted by Crippen LogP contribution is -2.14. The average Bonchev–Trinajstić information content (AvgIpc) is 3.12. The van der Waals surface area contributed by atoms with E-state index in [1.807, 2.05) is 0 Å². The maximum atomic E-state index is 12.7. The molecule has 0 spiro atoms. The molecule has 1 fully saturated rings. The first-order valence-electron chi connectivity index (χ1n) is 6.52. The number of nitrogens with one attached hydrogen (secondary N) is 1. The molecule has 0 unspecified atom stereocenters. The lowest BCUT2D eigenvalue weighted by molar-refractivity contribution is -0.137. The van der Waals surface area contributed by atoms with Crippen molar-refractivity contribution in [2.24, 2.45) is 0 Å². The summed E-state index contributed by atoms with van der Waals surface area (Å²) in [6.07, 6.45) is -1.97. The molecule has 1 aliphatic carbocycles. The Morgan fingerprint density at radius 1 is 1.15 bits per heavy atom. The van der Waals surface area contributed by atoms with Gasteiger partial charge < -0.3 is 9.73 Å². The predicted molar refractivity (Wildman–Crippen MR) is 69.0 cm³/mol. The highest BCUT2D eigenvalue weighted by Crippen LogP contribution is 2.32. The highest BCUT2D eigenvalue weighted by Gasteiger charge is 2.30. The molecule has 1 aromatic carbocycles. The van der Waals surface area contributed by atoms with Gasteiger partial charge in [-0.15, -0.1) is 0 Å². The van der Waals surface area contributed by atoms with Gasteiger partial charge in [-0.25, -0.2) is 0 Å². The molecule has 0 aliphatic heterocycles. The number of benzene rings is 1. The van der Waals surface area contributed by atoms with E-state index in [0.29, 0.717) is 23.9 Å². The van der Waals surface area contributed by atoms with E-state index >= 15 is 0 Å². The van der Waals surface area contributed by atoms with E-state index in [2.05, 4.69) is 5.32 Å². The van der Waals surface area contributed by atoms with Crippen LogP contribution in [0.25, 0.3) is 11.3 Å². The summed E-state index contributed by atoms with van der Waals surface area (Å²) >= 11 is 0. The second-order valence-corrected chi connectivity index (χ2v) is 5.00. The molecular weight excluding hydrogens is 267 g/mol. The number of rotatable bonds is 4. The molecule has 0 atom stereocenters. The van der Waals surface area contributed by atoms with Gasteiger partial charge in [-0.1, -0.05) is 12.1 Å². The van der Waals surface area contributed by atoms with Crippen molar-refractivity contribution in [2.45, 2.75) is 31.6 Å². The van der Waals surface area contributed by atoms with Crippen molar-refractivity contribution in [1.82, 2.24) is 5.32 Å². The van der Waals surface area contributed by atoms with Crippen LogP contribution in [0, 0.1) is 0 Å². The Kier molecular flexibility index (Phi) is 3.30. The normalized spacial score (nSPS) is 15.6. The summed E-state index contributed by atoms with van der Waals surface area (Å²) in [7, 11) is 0. The highest BCUT2D eigenvalue weighted by molar-refractivity contribution is 5.58. The quantitative estimate of drug-likeness (QED) is 0.907. The minimum atomic E-state index is -4.33. The van der Waals surface area contributed by atoms with Crippen LogP contribution < -0.4 is 5.32 Å². The Labute approximate surface area is 114 Å². The van der Waals surface area contributed by atoms with Crippen molar-refractivity contribution in [3.8, 4) is 11.3 Å². The second-order valence-electron chi connectivity index (χ2n) is 5.00. The summed E-state index contributed by atoms with van der Waals surface area (Å²) in [5, 5.41) is 3.30. The van der Waals surface area contributed by atoms with Crippen LogP contribution in [-0.4, -0.2) is 6.04 Å². The topological polar surface area (TPSA) is 25.2 Å². The highest BCUT2D eigenvalue weighted by atomic mass is 19.4. The predicted octanol–water partition coefficient (Wildman–Crippen LogP) is 4.22. The molecule has 2 aromatic rings. The third-order valence-electron chi connectivity index (χ3n) is 3.28. The van der Waals surface area contributed by atoms with Gasteiger partial charge >= 0.3 is 6.18 Å². The van der Waals surface area contributed by atoms with Crippen molar-refractivity contribution in [2.75, 3.05) is 0 Å². The second kappa shape index (κ2) is 4.98. The number of alkyl halides is 3. The van der Waals surface area contributed by atoms with Gasteiger partial charge in [0.15, 0.2) is 0 Å². The Morgan fingerprint density at radius 2 is 1.95 bits per heavy atom. The number of furan rings is 1. The Bertz CT molecular complexity index is 599. The van der Waals surface area contributed by atoms with Gasteiger partial charge in [-0.2, -0.15) is 13.2 Å². The molecule has 1 aliphatic rings. The third-order valence-corrected chi connectivity index (χ3v) is 3.28. The van der Waals surface area contributed by atoms with Gasteiger partial charge in [0.1, 0.15) is 11.5 Å². The zero-order valence-electron chi connectivity index (χ0n) is 10.7. The number of halogens is 3. The van der Waals surface area contributed by atoms with Crippen molar-refractivity contribution in [3.63, 3.8) is 0 Å². The van der Waals surface area contributed by atoms with Gasteiger partial charge in [0.25, 0.3) is 0 Å². The van der Waals surface area contributed by atoms with Crippen LogP contribution in [0.15, 0.2) is 40.8 Å². The van der Waals surface area contributed by atoms with Crippen LogP contribution in [0.2, 0.25) is 0 Å². The Hall–Kier alpha value is -1.75. The zero-order chi connectivity index (χ0) is 14.2. The van der Waals surface area contributed by atoms with Gasteiger partial charge in [0.2, 0.25) is 0 Å². The first-order chi connectivity index (χ1) is 9.52. The smallest absolute Gasteiger partial charge is 0.416 e. The van der Waals surface area contributed by atoms with Crippen molar-refractivity contribution in [1.29, 1.82) is 0 Å². The van der Waals surface area contributed by atoms with E-state index in [1.54, 1.807) is 18.2 Å². The lowest BCUT2D eigenvalue weighted by Gasteiger charge is -2.07. The van der Waals surface area contributed by atoms with Gasteiger partial charge in [-0.3, -0.25) is 0 Å². The van der Waals surface area contributed by atoms with E-state index in [1.165, 1.54) is 18.9 Å². The monoisotopic (exact) mass is 281 g/mol. The number of hydrogen-bond acceptors (Lipinski definition) is 2. The first kappa shape index (κ1) is 13.2. The Balaban J connectivity index is 1.78. The summed E-state index contributed by atoms with van der Waals surface area (Å²) in [4.78, 5) is 0. The molecule has 0 amide bonds. The van der Waals surface area contributed by atoms with Crippen LogP contribution in [0.5, 0.6) is 0 Å². The summed E-state index contributed by atoms with van der Waals surface area (Å²) in [5.74, 6) is 1.20. The van der Waals surface area contributed by atoms with Crippen LogP contribution in [-0.2, 0) is 12.7 Å². The van der Waals surface area contributed by atoms with Crippen LogP contribution >= 0.6 is 0 Å². The van der Waals surface area contributed by atoms with E-state index in [0.717, 1.165) is 17.9 Å². The van der Waals surface area contributed by atoms with Crippen LogP contribution in [0.3, 0.4) is 0 Å². The molecule has 1 heterocycles. The number of hydrogen-bond donors (Lipinski definition) is 1. The van der Waals surface area contributed by atoms with Gasteiger partial charge in [-0.05, 0) is 37.1 Å². The lowest BCUT2D eigenvalue weighted by atomic mass is 10.1. The molecule has 5 heteroatoms. The van der Waals surface area contributed by atoms with Gasteiger partial charge in [0.05, 0.1) is 12.1 Å². The molecule has 2 nitrogen and oxygen atoms in total. The standard InChI is InChI=1S/C15H14F3NO/c16-15(17,18)11-3-1-2-10(8-11)14-7-6-13(20-14)9-19-12-4-5-12/h1-3,6-8,12,19H,4-5,9H2. The fourth-order valence-corrected chi connectivity index (χ4v) is 2.01. The van der Waals surface area contributed by atoms with Crippen molar-refractivity contribution < 1.29 is 17.6 Å². The SMILES string of the molecule is FC(F)(F)c1cccc(-c2ccc(CNC3CC3)o2)c1. The largest absolute Gasteiger partial charge is 0.460 e. The summed E-state index contributed by atoms with van der Waals surface area (Å²) < 4.78 is 43.6. The molecule has 1 saturated carbocycles. The zero-order valence-corrected chi connectivity index (χ0v) is 10.7. The first-order valence-corrected chi connectivity index (χ1v) is 6.52. The molecule has 3 rings (SSSR count). The maximum Gasteiger partial charge on any atom is 0.416 e. The average molecular weight is 281 g/mol. The Morgan fingerprint density at radius 3 is 2.65 bits per heavy atom. The fourth-order valence-electron chi connectivity index (χ4n) is 2.01. The third kappa shape index (κ3) is 3.04. The molecule has 1 aromatic heterocycles. The summed E-state index contributed by atoms with van der Waals surface area (Å²) in [6.45, 7) is 0.615. The molecule has 20 heavy (non-hydrogen) atoms. The molecule has 106 valence electrons. The van der Waals surface area contributed by atoms with Gasteiger partial charge in [0, 0.05) is 11.6 Å². The molecular formula is C15H14F3NO. The molecule has 0 radical (unpaired) electrons. The fraction of sp³-hybridized carbons (Fsp3) is 0.333. The van der Waals surface area contributed by atoms with Crippen LogP contribution in [0.4, 0.5) is 13.2 Å². The van der Waals surface area contributed by atoms with E-state index in [-0.39, 0.29) is 0 Å². The molecule has 1 N–H and O–H groups in total. The minimum absolute atomic E-state index is 0.442.